The zero-order chi connectivity index (χ0) is 40.3. The lowest BCUT2D eigenvalue weighted by molar-refractivity contribution is -0.138. The van der Waals surface area contributed by atoms with Crippen molar-refractivity contribution >= 4 is 64.2 Å². The van der Waals surface area contributed by atoms with Crippen LogP contribution < -0.4 is 19.8 Å². The number of nitrogens with zero attached hydrogens (tertiary/aromatic N) is 2. The molecule has 15 heteroatoms. The summed E-state index contributed by atoms with van der Waals surface area (Å²) in [5.74, 6) is -7.59. The molecule has 0 aromatic heterocycles. The highest BCUT2D eigenvalue weighted by molar-refractivity contribution is 6.36. The van der Waals surface area contributed by atoms with Crippen molar-refractivity contribution in [2.75, 3.05) is 30.6 Å². The predicted molar refractivity (Wildman–Crippen MR) is 207 cm³/mol. The van der Waals surface area contributed by atoms with E-state index >= 15 is 4.79 Å². The van der Waals surface area contributed by atoms with Gasteiger partial charge in [0.15, 0.2) is 0 Å². The number of aliphatic hydroxyl groups excluding tert-OH is 1. The maximum Gasteiger partial charge on any atom is 0.339 e. The molecule has 0 spiro atoms. The van der Waals surface area contributed by atoms with E-state index in [0.717, 1.165) is 22.0 Å². The van der Waals surface area contributed by atoms with Crippen molar-refractivity contribution < 1.29 is 48.8 Å². The molecule has 2 aliphatic carbocycles. The number of anilines is 2. The van der Waals surface area contributed by atoms with Gasteiger partial charge < -0.3 is 24.8 Å². The Morgan fingerprint density at radius 2 is 1.61 bits per heavy atom. The van der Waals surface area contributed by atoms with Crippen LogP contribution in [0.5, 0.6) is 17.2 Å². The maximum absolute atomic E-state index is 15.4. The fraction of sp³-hybridized carbons (Fsp3) is 0.262. The average molecular weight is 813 g/mol. The fourth-order valence-electron chi connectivity index (χ4n) is 9.23. The molecule has 0 radical (unpaired) electrons. The number of hydrogen-bond acceptors (Lipinski definition) is 10. The summed E-state index contributed by atoms with van der Waals surface area (Å²) < 4.78 is 11.1. The first-order chi connectivity index (χ1) is 27.4. The zero-order valence-corrected chi connectivity index (χ0v) is 31.7. The van der Waals surface area contributed by atoms with Gasteiger partial charge in [-0.15, -0.1) is 0 Å². The van der Waals surface area contributed by atoms with Crippen molar-refractivity contribution in [2.45, 2.75) is 24.2 Å². The molecule has 4 aromatic rings. The van der Waals surface area contributed by atoms with Crippen LogP contribution in [0.15, 0.2) is 96.6 Å². The number of carboxylic acid groups (broad SMARTS) is 1. The monoisotopic (exact) mass is 811 g/mol. The van der Waals surface area contributed by atoms with Gasteiger partial charge in [-0.1, -0.05) is 59.1 Å². The molecule has 0 unspecified atom stereocenters. The smallest absolute Gasteiger partial charge is 0.339 e. The highest BCUT2D eigenvalue weighted by atomic mass is 35.5. The van der Waals surface area contributed by atoms with Crippen LogP contribution in [0.2, 0.25) is 10.0 Å². The molecule has 2 saturated heterocycles. The van der Waals surface area contributed by atoms with Crippen molar-refractivity contribution in [3.8, 4) is 17.2 Å². The van der Waals surface area contributed by atoms with E-state index in [2.05, 4.69) is 5.43 Å². The van der Waals surface area contributed by atoms with Crippen LogP contribution in [-0.2, 0) is 24.6 Å². The lowest BCUT2D eigenvalue weighted by Crippen LogP contribution is -2.53. The summed E-state index contributed by atoms with van der Waals surface area (Å²) >= 11 is 12.7. The summed E-state index contributed by atoms with van der Waals surface area (Å²) in [7, 11) is 1.52. The van der Waals surface area contributed by atoms with Crippen LogP contribution in [0.1, 0.15) is 40.2 Å². The van der Waals surface area contributed by atoms with Gasteiger partial charge in [0.1, 0.15) is 29.4 Å². The Morgan fingerprint density at radius 1 is 0.895 bits per heavy atom. The van der Waals surface area contributed by atoms with E-state index in [4.69, 9.17) is 32.7 Å². The van der Waals surface area contributed by atoms with Gasteiger partial charge in [0, 0.05) is 17.0 Å². The third-order valence-electron chi connectivity index (χ3n) is 11.6. The Labute approximate surface area is 336 Å². The van der Waals surface area contributed by atoms with Crippen LogP contribution in [0.3, 0.4) is 0 Å². The van der Waals surface area contributed by atoms with Crippen LogP contribution in [0, 0.1) is 23.7 Å². The number of aromatic carboxylic acids is 1. The Balaban J connectivity index is 1.30. The number of rotatable bonds is 10. The van der Waals surface area contributed by atoms with Crippen LogP contribution >= 0.6 is 23.2 Å². The van der Waals surface area contributed by atoms with E-state index < -0.39 is 70.4 Å². The van der Waals surface area contributed by atoms with E-state index in [9.17, 15) is 34.5 Å². The minimum Gasteiger partial charge on any atom is -0.507 e. The van der Waals surface area contributed by atoms with E-state index in [0.29, 0.717) is 33.2 Å². The summed E-state index contributed by atoms with van der Waals surface area (Å²) in [5, 5.41) is 30.8. The number of phenols is 1. The summed E-state index contributed by atoms with van der Waals surface area (Å²) in [6.45, 7) is -0.144. The SMILES string of the molecule is COc1ccc([C@@]23C(=O)N(Nc4ccc(Cl)cc4Cl)C(=O)[C@@H]2C[C@@H]2C(=CC[C@@H]4C(=O)N(c5ccc(C(=O)O)c(O)c5)C(=O)[C@@H]42)[C@@H]3c2ccc(OCCO)cc2)cc1. The van der Waals surface area contributed by atoms with Crippen LogP contribution in [0.4, 0.5) is 11.4 Å². The minimum absolute atomic E-state index is 0.0143. The number of fused-ring (bicyclic) bond motifs is 4. The van der Waals surface area contributed by atoms with Crippen molar-refractivity contribution in [2.24, 2.45) is 23.7 Å². The number of hydrazine groups is 1. The predicted octanol–water partition coefficient (Wildman–Crippen LogP) is 5.97. The summed E-state index contributed by atoms with van der Waals surface area (Å²) in [4.78, 5) is 71.7. The molecule has 4 aliphatic rings. The lowest BCUT2D eigenvalue weighted by Gasteiger charge is -2.50. The van der Waals surface area contributed by atoms with Gasteiger partial charge in [0.05, 0.1) is 53.3 Å². The number of carbonyl (C=O) groups is 5. The number of aromatic hydroxyl groups is 1. The maximum atomic E-state index is 15.4. The first-order valence-corrected chi connectivity index (χ1v) is 18.9. The fourth-order valence-corrected chi connectivity index (χ4v) is 9.68. The van der Waals surface area contributed by atoms with E-state index in [1.54, 1.807) is 60.7 Å². The summed E-state index contributed by atoms with van der Waals surface area (Å²) in [6, 6.07) is 22.1. The number of imide groups is 2. The number of ether oxygens (including phenoxy) is 2. The van der Waals surface area contributed by atoms with Crippen molar-refractivity contribution in [1.82, 2.24) is 5.01 Å². The Kier molecular flexibility index (Phi) is 9.71. The van der Waals surface area contributed by atoms with Crippen LogP contribution in [-0.4, -0.2) is 70.3 Å². The highest BCUT2D eigenvalue weighted by Gasteiger charge is 2.70. The average Bonchev–Trinajstić information content (AvgIpc) is 3.58. The molecule has 2 heterocycles. The largest absolute Gasteiger partial charge is 0.507 e. The van der Waals surface area contributed by atoms with Gasteiger partial charge >= 0.3 is 5.97 Å². The van der Waals surface area contributed by atoms with Crippen molar-refractivity contribution in [3.63, 3.8) is 0 Å². The molecule has 4 amide bonds. The lowest BCUT2D eigenvalue weighted by atomic mass is 9.49. The second-order valence-corrected chi connectivity index (χ2v) is 15.2. The number of nitrogens with one attached hydrogen (secondary N) is 1. The number of carbonyl (C=O) groups excluding carboxylic acids is 4. The first kappa shape index (κ1) is 38.0. The van der Waals surface area contributed by atoms with Gasteiger partial charge in [-0.2, -0.15) is 5.01 Å². The number of allylic oxidation sites excluding steroid dienone is 2. The second-order valence-electron chi connectivity index (χ2n) is 14.4. The van der Waals surface area contributed by atoms with Gasteiger partial charge in [-0.25, -0.2) is 9.69 Å². The summed E-state index contributed by atoms with van der Waals surface area (Å²) in [6.07, 6.45) is 2.05. The number of halogens is 2. The van der Waals surface area contributed by atoms with Gasteiger partial charge in [0.2, 0.25) is 11.8 Å². The molecule has 0 bridgehead atoms. The second kappa shape index (κ2) is 14.6. The Hall–Kier alpha value is -5.89. The number of amides is 4. The number of methoxy groups -OCH3 is 1. The first-order valence-electron chi connectivity index (χ1n) is 18.1. The molecule has 8 rings (SSSR count). The number of carboxylic acids is 1. The Bertz CT molecular complexity index is 2370. The van der Waals surface area contributed by atoms with E-state index in [1.807, 2.05) is 6.08 Å². The third kappa shape index (κ3) is 5.99. The molecule has 292 valence electrons. The number of hydrogen-bond donors (Lipinski definition) is 4. The summed E-state index contributed by atoms with van der Waals surface area (Å²) in [5.41, 5.74) is 3.13. The molecule has 1 saturated carbocycles. The van der Waals surface area contributed by atoms with Gasteiger partial charge in [-0.05, 0) is 84.5 Å². The van der Waals surface area contributed by atoms with Crippen LogP contribution in [0.25, 0.3) is 0 Å². The standard InChI is InChI=1S/C42H35Cl2N3O10/c1-56-25-10-4-22(5-11-25)42-31(38(51)47(41(42)55)45-33-15-6-23(43)18-32(33)44)20-30-27(36(42)21-2-8-26(9-3-21)57-17-16-48)13-14-29-35(30)39(52)46(37(29)50)24-7-12-28(40(53)54)34(49)19-24/h2-13,15,18-19,29-31,35-36,45,48-49H,14,16-17,20H2,1H3,(H,53,54)/t29-,30+,31-,35-,36-,42+/m0/s1. The number of aliphatic hydroxyl groups is 1. The molecule has 3 fully saturated rings. The topological polar surface area (TPSA) is 183 Å². The van der Waals surface area contributed by atoms with Crippen molar-refractivity contribution in [3.05, 3.63) is 123 Å². The molecule has 57 heavy (non-hydrogen) atoms. The Morgan fingerprint density at radius 3 is 2.26 bits per heavy atom. The quantitative estimate of drug-likeness (QED) is 0.109. The molecule has 4 aromatic carbocycles. The molecule has 2 aliphatic heterocycles. The van der Waals surface area contributed by atoms with E-state index in [-0.39, 0.29) is 48.0 Å². The molecule has 6 atom stereocenters. The van der Waals surface area contributed by atoms with E-state index in [1.165, 1.54) is 19.2 Å². The molecular formula is C42H35Cl2N3O10. The zero-order valence-electron chi connectivity index (χ0n) is 30.2. The van der Waals surface area contributed by atoms with Gasteiger partial charge in [0.25, 0.3) is 11.8 Å². The van der Waals surface area contributed by atoms with Crippen molar-refractivity contribution in [1.29, 1.82) is 0 Å². The molecule has 4 N–H and O–H groups in total. The minimum atomic E-state index is -1.58. The third-order valence-corrected chi connectivity index (χ3v) is 12.2. The van der Waals surface area contributed by atoms with Gasteiger partial charge in [-0.3, -0.25) is 24.6 Å². The normalized spacial score (nSPS) is 25.1. The molecular weight excluding hydrogens is 777 g/mol. The molecule has 13 nitrogen and oxygen atoms in total. The number of benzene rings is 4. The highest BCUT2D eigenvalue weighted by Crippen LogP contribution is 2.64.